The second-order valence-corrected chi connectivity index (χ2v) is 7.40. The maximum absolute atomic E-state index is 13.9. The monoisotopic (exact) mass is 439 g/mol. The van der Waals surface area contributed by atoms with Gasteiger partial charge in [0.25, 0.3) is 0 Å². The second-order valence-electron chi connectivity index (χ2n) is 6.46. The number of aryl methyl sites for hydroxylation is 1. The Kier molecular flexibility index (Phi) is 6.27. The van der Waals surface area contributed by atoms with Crippen molar-refractivity contribution in [3.8, 4) is 11.4 Å². The SMILES string of the molecule is Cc1cc(NC(=O)CSc2nnc(COc3ccccc3F)n2-c2ccccc2)on1. The second kappa shape index (κ2) is 9.43. The van der Waals surface area contributed by atoms with Crippen LogP contribution in [0.1, 0.15) is 11.5 Å². The summed E-state index contributed by atoms with van der Waals surface area (Å²) in [6, 6.07) is 17.2. The predicted octanol–water partition coefficient (Wildman–Crippen LogP) is 4.01. The molecule has 0 radical (unpaired) electrons. The molecule has 8 nitrogen and oxygen atoms in total. The summed E-state index contributed by atoms with van der Waals surface area (Å²) in [5.41, 5.74) is 1.47. The Balaban J connectivity index is 1.50. The molecule has 0 spiro atoms. The zero-order valence-electron chi connectivity index (χ0n) is 16.5. The standard InChI is InChI=1S/C21H18FN5O3S/c1-14-11-20(30-26-14)23-19(28)13-31-21-25-24-18(27(21)15-7-3-2-4-8-15)12-29-17-10-6-5-9-16(17)22/h2-11H,12-13H2,1H3,(H,23,28). The van der Waals surface area contributed by atoms with Gasteiger partial charge in [-0.3, -0.25) is 14.7 Å². The van der Waals surface area contributed by atoms with E-state index < -0.39 is 5.82 Å². The third-order valence-electron chi connectivity index (χ3n) is 4.13. The van der Waals surface area contributed by atoms with E-state index in [0.29, 0.717) is 16.7 Å². The number of hydrogen-bond donors (Lipinski definition) is 1. The van der Waals surface area contributed by atoms with Crippen molar-refractivity contribution in [2.45, 2.75) is 18.7 Å². The molecule has 4 rings (SSSR count). The normalized spacial score (nSPS) is 10.8. The van der Waals surface area contributed by atoms with E-state index in [1.165, 1.54) is 17.8 Å². The lowest BCUT2D eigenvalue weighted by Crippen LogP contribution is -2.14. The summed E-state index contributed by atoms with van der Waals surface area (Å²) in [7, 11) is 0. The van der Waals surface area contributed by atoms with E-state index in [2.05, 4.69) is 20.7 Å². The Hall–Kier alpha value is -3.66. The number of rotatable bonds is 8. The molecule has 4 aromatic rings. The van der Waals surface area contributed by atoms with Gasteiger partial charge in [0.05, 0.1) is 11.4 Å². The van der Waals surface area contributed by atoms with Gasteiger partial charge >= 0.3 is 0 Å². The van der Waals surface area contributed by atoms with E-state index in [-0.39, 0.29) is 29.9 Å². The molecule has 0 saturated heterocycles. The van der Waals surface area contributed by atoms with Crippen LogP contribution in [0.3, 0.4) is 0 Å². The van der Waals surface area contributed by atoms with Crippen molar-refractivity contribution in [3.63, 3.8) is 0 Å². The lowest BCUT2D eigenvalue weighted by molar-refractivity contribution is -0.113. The lowest BCUT2D eigenvalue weighted by atomic mass is 10.3. The summed E-state index contributed by atoms with van der Waals surface area (Å²) in [6.45, 7) is 1.77. The molecule has 2 aromatic carbocycles. The smallest absolute Gasteiger partial charge is 0.237 e. The minimum absolute atomic E-state index is 0.00687. The van der Waals surface area contributed by atoms with Crippen LogP contribution in [0.2, 0.25) is 0 Å². The Morgan fingerprint density at radius 2 is 1.94 bits per heavy atom. The van der Waals surface area contributed by atoms with Gasteiger partial charge < -0.3 is 9.26 Å². The van der Waals surface area contributed by atoms with Gasteiger partial charge in [-0.05, 0) is 31.2 Å². The fraction of sp³-hybridized carbons (Fsp3) is 0.143. The molecule has 158 valence electrons. The molecule has 2 aromatic heterocycles. The average molecular weight is 439 g/mol. The summed E-state index contributed by atoms with van der Waals surface area (Å²) >= 11 is 1.21. The van der Waals surface area contributed by atoms with Crippen LogP contribution in [0, 0.1) is 12.7 Å². The first-order valence-corrected chi connectivity index (χ1v) is 10.3. The largest absolute Gasteiger partial charge is 0.483 e. The number of para-hydroxylation sites is 2. The van der Waals surface area contributed by atoms with E-state index >= 15 is 0 Å². The number of aromatic nitrogens is 4. The van der Waals surface area contributed by atoms with Crippen LogP contribution >= 0.6 is 11.8 Å². The zero-order chi connectivity index (χ0) is 21.6. The van der Waals surface area contributed by atoms with Crippen molar-refractivity contribution in [1.82, 2.24) is 19.9 Å². The van der Waals surface area contributed by atoms with Crippen LogP contribution in [-0.2, 0) is 11.4 Å². The van der Waals surface area contributed by atoms with Crippen molar-refractivity contribution in [3.05, 3.63) is 78.0 Å². The van der Waals surface area contributed by atoms with Crippen LogP contribution in [0.4, 0.5) is 10.3 Å². The maximum Gasteiger partial charge on any atom is 0.237 e. The first kappa shape index (κ1) is 20.6. The van der Waals surface area contributed by atoms with E-state index in [4.69, 9.17) is 9.26 Å². The molecular formula is C21H18FN5O3S. The number of halogens is 1. The highest BCUT2D eigenvalue weighted by Gasteiger charge is 2.17. The summed E-state index contributed by atoms with van der Waals surface area (Å²) in [4.78, 5) is 12.3. The minimum Gasteiger partial charge on any atom is -0.483 e. The number of carbonyl (C=O) groups is 1. The third kappa shape index (κ3) is 5.10. The molecular weight excluding hydrogens is 421 g/mol. The van der Waals surface area contributed by atoms with Crippen LogP contribution in [0.15, 0.2) is 70.3 Å². The highest BCUT2D eigenvalue weighted by atomic mass is 32.2. The molecule has 0 aliphatic rings. The lowest BCUT2D eigenvalue weighted by Gasteiger charge is -2.11. The summed E-state index contributed by atoms with van der Waals surface area (Å²) in [5, 5.41) is 15.3. The molecule has 0 aliphatic carbocycles. The number of anilines is 1. The van der Waals surface area contributed by atoms with Crippen molar-refractivity contribution >= 4 is 23.6 Å². The molecule has 10 heteroatoms. The van der Waals surface area contributed by atoms with Gasteiger partial charge in [-0.25, -0.2) is 4.39 Å². The zero-order valence-corrected chi connectivity index (χ0v) is 17.3. The third-order valence-corrected chi connectivity index (χ3v) is 5.06. The molecule has 0 fully saturated rings. The summed E-state index contributed by atoms with van der Waals surface area (Å²) < 4.78 is 26.3. The molecule has 0 aliphatic heterocycles. The summed E-state index contributed by atoms with van der Waals surface area (Å²) in [5.74, 6) is 0.241. The molecule has 1 amide bonds. The van der Waals surface area contributed by atoms with E-state index in [0.717, 1.165) is 5.69 Å². The molecule has 31 heavy (non-hydrogen) atoms. The number of nitrogens with one attached hydrogen (secondary N) is 1. The Morgan fingerprint density at radius 3 is 2.68 bits per heavy atom. The number of benzene rings is 2. The van der Waals surface area contributed by atoms with Gasteiger partial charge in [-0.2, -0.15) is 0 Å². The van der Waals surface area contributed by atoms with Gasteiger partial charge in [0.15, 0.2) is 22.5 Å². The first-order valence-electron chi connectivity index (χ1n) is 9.33. The quantitative estimate of drug-likeness (QED) is 0.415. The van der Waals surface area contributed by atoms with Crippen LogP contribution in [0.5, 0.6) is 5.75 Å². The predicted molar refractivity (Wildman–Crippen MR) is 113 cm³/mol. The molecule has 0 bridgehead atoms. The molecule has 1 N–H and O–H groups in total. The molecule has 2 heterocycles. The number of nitrogens with zero attached hydrogens (tertiary/aromatic N) is 4. The first-order chi connectivity index (χ1) is 15.1. The van der Waals surface area contributed by atoms with Gasteiger partial charge in [0.1, 0.15) is 6.61 Å². The number of ether oxygens (including phenoxy) is 1. The minimum atomic E-state index is -0.456. The van der Waals surface area contributed by atoms with E-state index in [1.54, 1.807) is 35.8 Å². The fourth-order valence-corrected chi connectivity index (χ4v) is 3.52. The Labute approximate surface area is 181 Å². The van der Waals surface area contributed by atoms with Gasteiger partial charge in [-0.1, -0.05) is 47.3 Å². The Bertz CT molecular complexity index is 1180. The highest BCUT2D eigenvalue weighted by molar-refractivity contribution is 7.99. The van der Waals surface area contributed by atoms with Crippen molar-refractivity contribution in [2.75, 3.05) is 11.1 Å². The van der Waals surface area contributed by atoms with Gasteiger partial charge in [-0.15, -0.1) is 10.2 Å². The van der Waals surface area contributed by atoms with Crippen LogP contribution < -0.4 is 10.1 Å². The highest BCUT2D eigenvalue weighted by Crippen LogP contribution is 2.24. The van der Waals surface area contributed by atoms with Crippen molar-refractivity contribution in [2.24, 2.45) is 0 Å². The van der Waals surface area contributed by atoms with Gasteiger partial charge in [0.2, 0.25) is 11.8 Å². The number of amides is 1. The number of hydrogen-bond acceptors (Lipinski definition) is 7. The average Bonchev–Trinajstić information content (AvgIpc) is 3.38. The number of carbonyl (C=O) groups excluding carboxylic acids is 1. The van der Waals surface area contributed by atoms with Crippen molar-refractivity contribution < 1.29 is 18.4 Å². The van der Waals surface area contributed by atoms with Crippen molar-refractivity contribution in [1.29, 1.82) is 0 Å². The summed E-state index contributed by atoms with van der Waals surface area (Å²) in [6.07, 6.45) is 0. The molecule has 0 saturated carbocycles. The topological polar surface area (TPSA) is 95.1 Å². The van der Waals surface area contributed by atoms with Crippen LogP contribution in [-0.4, -0.2) is 31.6 Å². The van der Waals surface area contributed by atoms with E-state index in [9.17, 15) is 9.18 Å². The maximum atomic E-state index is 13.9. The Morgan fingerprint density at radius 1 is 1.16 bits per heavy atom. The molecule has 0 atom stereocenters. The molecule has 0 unspecified atom stereocenters. The number of thioether (sulfide) groups is 1. The van der Waals surface area contributed by atoms with E-state index in [1.807, 2.05) is 30.3 Å². The van der Waals surface area contributed by atoms with Gasteiger partial charge in [0, 0.05) is 11.8 Å². The van der Waals surface area contributed by atoms with Crippen LogP contribution in [0.25, 0.3) is 5.69 Å². The fourth-order valence-electron chi connectivity index (χ4n) is 2.75.